The molecular formula is C36H64O7Si2. The zero-order valence-electron chi connectivity index (χ0n) is 30.9. The average molecular weight is 665 g/mol. The maximum absolute atomic E-state index is 13.5. The SMILES string of the molecule is CCOC(C)(C)C(=O)O[C@H]1C[C@H](O[Si](C)(C)C(C)(C)C)C=C2C=C[C@H](C)[C@H](CC[C@@H]3C[C@@H](O[Si](C)(C)C(C)(C)C)CC(=O)O3)[C@H]21. The molecule has 1 saturated heterocycles. The van der Waals surface area contributed by atoms with Crippen LogP contribution in [0.4, 0.5) is 0 Å². The van der Waals surface area contributed by atoms with Crippen LogP contribution in [-0.4, -0.2) is 65.2 Å². The Labute approximate surface area is 276 Å². The highest BCUT2D eigenvalue weighted by Gasteiger charge is 2.47. The molecule has 0 unspecified atom stereocenters. The molecule has 0 radical (unpaired) electrons. The van der Waals surface area contributed by atoms with Crippen molar-refractivity contribution < 1.29 is 32.7 Å². The summed E-state index contributed by atoms with van der Waals surface area (Å²) in [5, 5.41) is 0.140. The first-order valence-electron chi connectivity index (χ1n) is 17.3. The van der Waals surface area contributed by atoms with Gasteiger partial charge < -0.3 is 23.1 Å². The molecule has 0 amide bonds. The second-order valence-corrected chi connectivity index (χ2v) is 26.8. The van der Waals surface area contributed by atoms with Gasteiger partial charge in [-0.2, -0.15) is 0 Å². The van der Waals surface area contributed by atoms with Crippen LogP contribution in [0.3, 0.4) is 0 Å². The van der Waals surface area contributed by atoms with Gasteiger partial charge in [0, 0.05) is 25.4 Å². The van der Waals surface area contributed by atoms with E-state index in [4.69, 9.17) is 23.1 Å². The van der Waals surface area contributed by atoms with Gasteiger partial charge in [-0.25, -0.2) is 4.79 Å². The van der Waals surface area contributed by atoms with Gasteiger partial charge in [0.05, 0.1) is 18.6 Å². The summed E-state index contributed by atoms with van der Waals surface area (Å²) in [4.78, 5) is 26.2. The Bertz CT molecular complexity index is 1110. The van der Waals surface area contributed by atoms with Gasteiger partial charge in [0.1, 0.15) is 12.2 Å². The molecule has 0 aromatic carbocycles. The summed E-state index contributed by atoms with van der Waals surface area (Å²) in [7, 11) is -4.08. The fourth-order valence-electron chi connectivity index (χ4n) is 6.39. The number of hydrogen-bond acceptors (Lipinski definition) is 7. The van der Waals surface area contributed by atoms with Gasteiger partial charge in [0.25, 0.3) is 0 Å². The lowest BCUT2D eigenvalue weighted by atomic mass is 9.66. The topological polar surface area (TPSA) is 80.3 Å². The van der Waals surface area contributed by atoms with E-state index in [0.717, 1.165) is 19.3 Å². The number of rotatable bonds is 11. The molecule has 2 aliphatic carbocycles. The lowest BCUT2D eigenvalue weighted by Crippen LogP contribution is -2.50. The monoisotopic (exact) mass is 664 g/mol. The van der Waals surface area contributed by atoms with Crippen LogP contribution >= 0.6 is 0 Å². The van der Waals surface area contributed by atoms with Gasteiger partial charge in [0.15, 0.2) is 22.2 Å². The van der Waals surface area contributed by atoms with Crippen molar-refractivity contribution in [2.45, 2.75) is 168 Å². The zero-order valence-corrected chi connectivity index (χ0v) is 32.9. The van der Waals surface area contributed by atoms with Crippen molar-refractivity contribution in [3.8, 4) is 0 Å². The molecule has 0 spiro atoms. The molecule has 0 N–H and O–H groups in total. The Morgan fingerprint density at radius 3 is 2.11 bits per heavy atom. The predicted octanol–water partition coefficient (Wildman–Crippen LogP) is 8.75. The van der Waals surface area contributed by atoms with Crippen molar-refractivity contribution >= 4 is 28.6 Å². The Morgan fingerprint density at radius 1 is 0.933 bits per heavy atom. The zero-order chi connectivity index (χ0) is 34.2. The summed E-state index contributed by atoms with van der Waals surface area (Å²) in [5.41, 5.74) is 0.146. The second-order valence-electron chi connectivity index (χ2n) is 17.2. The first-order valence-corrected chi connectivity index (χ1v) is 23.1. The minimum absolute atomic E-state index is 0.0317. The van der Waals surface area contributed by atoms with Crippen molar-refractivity contribution in [1.82, 2.24) is 0 Å². The van der Waals surface area contributed by atoms with Gasteiger partial charge in [-0.1, -0.05) is 66.7 Å². The van der Waals surface area contributed by atoms with Crippen LogP contribution in [0.2, 0.25) is 36.3 Å². The molecule has 3 aliphatic rings. The molecule has 1 heterocycles. The van der Waals surface area contributed by atoms with Crippen LogP contribution in [0.5, 0.6) is 0 Å². The molecule has 0 aromatic rings. The van der Waals surface area contributed by atoms with E-state index >= 15 is 0 Å². The van der Waals surface area contributed by atoms with Crippen molar-refractivity contribution in [2.24, 2.45) is 17.8 Å². The number of esters is 2. The van der Waals surface area contributed by atoms with Crippen LogP contribution in [-0.2, 0) is 32.7 Å². The molecule has 3 rings (SSSR count). The first-order chi connectivity index (χ1) is 20.5. The molecule has 0 saturated carbocycles. The van der Waals surface area contributed by atoms with E-state index in [9.17, 15) is 9.59 Å². The Balaban J connectivity index is 1.85. The number of cyclic esters (lactones) is 1. The van der Waals surface area contributed by atoms with Gasteiger partial charge >= 0.3 is 11.9 Å². The number of ether oxygens (including phenoxy) is 3. The number of fused-ring (bicyclic) bond motifs is 1. The lowest BCUT2D eigenvalue weighted by Gasteiger charge is -2.46. The molecule has 45 heavy (non-hydrogen) atoms. The van der Waals surface area contributed by atoms with E-state index in [1.165, 1.54) is 5.57 Å². The quantitative estimate of drug-likeness (QED) is 0.161. The molecule has 1 aliphatic heterocycles. The van der Waals surface area contributed by atoms with Gasteiger partial charge in [0.2, 0.25) is 0 Å². The number of allylic oxidation sites excluding steroid dienone is 2. The van der Waals surface area contributed by atoms with Crippen LogP contribution in [0.15, 0.2) is 23.8 Å². The van der Waals surface area contributed by atoms with Gasteiger partial charge in [-0.05, 0) is 87.3 Å². The predicted molar refractivity (Wildman–Crippen MR) is 186 cm³/mol. The highest BCUT2D eigenvalue weighted by Crippen LogP contribution is 2.47. The molecule has 0 bridgehead atoms. The van der Waals surface area contributed by atoms with Gasteiger partial charge in [-0.3, -0.25) is 4.79 Å². The maximum atomic E-state index is 13.5. The maximum Gasteiger partial charge on any atom is 0.338 e. The lowest BCUT2D eigenvalue weighted by molar-refractivity contribution is -0.178. The highest BCUT2D eigenvalue weighted by molar-refractivity contribution is 6.74. The number of carbonyl (C=O) groups excluding carboxylic acids is 2. The minimum Gasteiger partial charge on any atom is -0.462 e. The smallest absolute Gasteiger partial charge is 0.338 e. The summed E-state index contributed by atoms with van der Waals surface area (Å²) >= 11 is 0. The molecule has 1 fully saturated rings. The van der Waals surface area contributed by atoms with Crippen LogP contribution in [0.25, 0.3) is 0 Å². The molecule has 258 valence electrons. The Morgan fingerprint density at radius 2 is 1.53 bits per heavy atom. The third kappa shape index (κ3) is 9.43. The molecule has 9 heteroatoms. The summed E-state index contributed by atoms with van der Waals surface area (Å²) in [6, 6.07) is 0. The fraction of sp³-hybridized carbons (Fsp3) is 0.833. The van der Waals surface area contributed by atoms with Crippen molar-refractivity contribution in [1.29, 1.82) is 0 Å². The number of hydrogen-bond donors (Lipinski definition) is 0. The molecule has 7 nitrogen and oxygen atoms in total. The summed E-state index contributed by atoms with van der Waals surface area (Å²) in [6.07, 6.45) is 9.30. The summed E-state index contributed by atoms with van der Waals surface area (Å²) in [6.45, 7) is 30.6. The Kier molecular flexibility index (Phi) is 11.9. The van der Waals surface area contributed by atoms with Gasteiger partial charge in [-0.15, -0.1) is 0 Å². The van der Waals surface area contributed by atoms with E-state index in [0.29, 0.717) is 19.4 Å². The molecular weight excluding hydrogens is 601 g/mol. The highest BCUT2D eigenvalue weighted by atomic mass is 28.4. The van der Waals surface area contributed by atoms with Crippen molar-refractivity contribution in [2.75, 3.05) is 6.61 Å². The van der Waals surface area contributed by atoms with E-state index in [1.54, 1.807) is 13.8 Å². The van der Waals surface area contributed by atoms with E-state index in [-0.39, 0.29) is 64.2 Å². The van der Waals surface area contributed by atoms with Crippen LogP contribution < -0.4 is 0 Å². The second kappa shape index (κ2) is 14.1. The van der Waals surface area contributed by atoms with E-state index in [2.05, 4.69) is 92.9 Å². The average Bonchev–Trinajstić information content (AvgIpc) is 2.86. The van der Waals surface area contributed by atoms with Crippen molar-refractivity contribution in [3.63, 3.8) is 0 Å². The first kappa shape index (κ1) is 38.2. The fourth-order valence-corrected chi connectivity index (χ4v) is 9.03. The Hall–Kier alpha value is -1.27. The summed E-state index contributed by atoms with van der Waals surface area (Å²) in [5.74, 6) is 0.0344. The summed E-state index contributed by atoms with van der Waals surface area (Å²) < 4.78 is 31.6. The van der Waals surface area contributed by atoms with Crippen LogP contribution in [0.1, 0.15) is 101 Å². The minimum atomic E-state index is -2.07. The van der Waals surface area contributed by atoms with E-state index in [1.807, 2.05) is 6.92 Å². The normalized spacial score (nSPS) is 30.0. The third-order valence-electron chi connectivity index (χ3n) is 11.2. The molecule has 7 atom stereocenters. The third-order valence-corrected chi connectivity index (χ3v) is 20.2. The molecule has 0 aromatic heterocycles. The standard InChI is InChI=1S/C36H64O7Si2/c1-15-39-36(9,10)33(38)41-30-22-27(42-44(11,12)34(3,4)5)20-25-17-16-24(2)29(32(25)30)19-18-26-21-28(23-31(37)40-26)43-45(13,14)35(6,7)8/h16-17,20,24,26-30,32H,15,18-19,21-23H2,1-14H3/t24-,26+,27+,28+,29-,30-,32-/m0/s1. The van der Waals surface area contributed by atoms with Crippen molar-refractivity contribution in [3.05, 3.63) is 23.8 Å². The van der Waals surface area contributed by atoms with E-state index < -0.39 is 22.2 Å². The largest absolute Gasteiger partial charge is 0.462 e. The van der Waals surface area contributed by atoms with Crippen LogP contribution in [0, 0.1) is 17.8 Å². The number of carbonyl (C=O) groups is 2.